The third kappa shape index (κ3) is 2.44. The Morgan fingerprint density at radius 2 is 1.90 bits per heavy atom. The molecule has 1 heteroatoms. The standard InChI is InChI=1S/C9H12S/c1-8(10)7-9-5-3-2-4-6-9/h2-6,8,10H,7H2,1H3/p+1. The van der Waals surface area contributed by atoms with Crippen LogP contribution in [0.15, 0.2) is 30.3 Å². The van der Waals surface area contributed by atoms with E-state index in [0.29, 0.717) is 5.25 Å². The second kappa shape index (κ2) is 3.67. The fourth-order valence-electron chi connectivity index (χ4n) is 0.968. The Labute approximate surface area is 67.7 Å². The van der Waals surface area contributed by atoms with Crippen molar-refractivity contribution in [1.29, 1.82) is 0 Å². The molecule has 0 saturated carbocycles. The molecule has 0 radical (unpaired) electrons. The molecule has 1 aromatic rings. The molecule has 0 fully saturated rings. The Bertz CT molecular complexity index is 179. The first-order valence-electron chi connectivity index (χ1n) is 3.54. The van der Waals surface area contributed by atoms with Crippen molar-refractivity contribution in [2.24, 2.45) is 0 Å². The van der Waals surface area contributed by atoms with Crippen LogP contribution in [0.4, 0.5) is 0 Å². The van der Waals surface area contributed by atoms with Crippen LogP contribution in [-0.2, 0) is 19.0 Å². The van der Waals surface area contributed by atoms with Gasteiger partial charge in [-0.25, -0.2) is 0 Å². The molecular weight excluding hydrogens is 140 g/mol. The van der Waals surface area contributed by atoms with Crippen LogP contribution < -0.4 is 0 Å². The minimum atomic E-state index is 0.572. The summed E-state index contributed by atoms with van der Waals surface area (Å²) in [6, 6.07) is 10.5. The summed E-state index contributed by atoms with van der Waals surface area (Å²) in [4.78, 5) is 0. The minimum Gasteiger partial charge on any atom is -0.0622 e. The molecule has 0 bridgehead atoms. The number of hydrogen-bond donors (Lipinski definition) is 0. The van der Waals surface area contributed by atoms with E-state index in [1.54, 1.807) is 0 Å². The molecule has 54 valence electrons. The van der Waals surface area contributed by atoms with Gasteiger partial charge in [-0.15, -0.1) is 0 Å². The summed E-state index contributed by atoms with van der Waals surface area (Å²) in [6.07, 6.45) is 1.11. The third-order valence-corrected chi connectivity index (χ3v) is 1.59. The lowest BCUT2D eigenvalue weighted by Gasteiger charge is -1.97. The zero-order valence-electron chi connectivity index (χ0n) is 6.17. The second-order valence-electron chi connectivity index (χ2n) is 2.59. The molecule has 0 aliphatic carbocycles. The normalized spacial score (nSPS) is 13.0. The summed E-state index contributed by atoms with van der Waals surface area (Å²) < 4.78 is 0. The van der Waals surface area contributed by atoms with E-state index in [0.717, 1.165) is 6.42 Å². The highest BCUT2D eigenvalue weighted by atomic mass is 32.1. The molecule has 1 aromatic carbocycles. The molecule has 0 aliphatic heterocycles. The van der Waals surface area contributed by atoms with Gasteiger partial charge in [-0.2, -0.15) is 0 Å². The Hall–Kier alpha value is -0.430. The van der Waals surface area contributed by atoms with E-state index >= 15 is 0 Å². The molecule has 1 unspecified atom stereocenters. The molecule has 0 aromatic heterocycles. The molecule has 0 heterocycles. The van der Waals surface area contributed by atoms with Crippen LogP contribution in [-0.4, -0.2) is 5.25 Å². The van der Waals surface area contributed by atoms with Crippen LogP contribution >= 0.6 is 0 Å². The monoisotopic (exact) mass is 153 g/mol. The van der Waals surface area contributed by atoms with Gasteiger partial charge in [0.2, 0.25) is 0 Å². The van der Waals surface area contributed by atoms with Crippen molar-refractivity contribution < 1.29 is 0 Å². The maximum absolute atomic E-state index is 3.56. The average molecular weight is 153 g/mol. The first kappa shape index (κ1) is 7.67. The molecule has 0 saturated heterocycles. The highest BCUT2D eigenvalue weighted by Crippen LogP contribution is 2.02. The lowest BCUT2D eigenvalue weighted by molar-refractivity contribution is 0.949. The van der Waals surface area contributed by atoms with E-state index in [1.807, 2.05) is 6.07 Å². The van der Waals surface area contributed by atoms with E-state index in [9.17, 15) is 0 Å². The molecule has 1 atom stereocenters. The predicted octanol–water partition coefficient (Wildman–Crippen LogP) is 1.63. The average Bonchev–Trinajstić information content (AvgIpc) is 1.88. The Balaban J connectivity index is 2.59. The lowest BCUT2D eigenvalue weighted by atomic mass is 10.1. The number of hydrogen-bond acceptors (Lipinski definition) is 0. The summed E-state index contributed by atoms with van der Waals surface area (Å²) >= 11 is 3.56. The van der Waals surface area contributed by atoms with E-state index in [4.69, 9.17) is 0 Å². The van der Waals surface area contributed by atoms with Gasteiger partial charge in [0.1, 0.15) is 5.25 Å². The van der Waals surface area contributed by atoms with Gasteiger partial charge in [-0.1, -0.05) is 30.3 Å². The quantitative estimate of drug-likeness (QED) is 0.566. The van der Waals surface area contributed by atoms with Crippen LogP contribution in [0, 0.1) is 0 Å². The second-order valence-corrected chi connectivity index (χ2v) is 3.58. The van der Waals surface area contributed by atoms with Gasteiger partial charge < -0.3 is 0 Å². The van der Waals surface area contributed by atoms with Gasteiger partial charge in [0, 0.05) is 6.42 Å². The van der Waals surface area contributed by atoms with Gasteiger partial charge >= 0.3 is 0 Å². The molecule has 1 rings (SSSR count). The summed E-state index contributed by atoms with van der Waals surface area (Å²) in [6.45, 7) is 2.16. The van der Waals surface area contributed by atoms with E-state index in [1.165, 1.54) is 5.56 Å². The first-order valence-corrected chi connectivity index (χ1v) is 4.12. The maximum atomic E-state index is 3.56. The zero-order valence-corrected chi connectivity index (χ0v) is 7.17. The van der Waals surface area contributed by atoms with Crippen LogP contribution in [0.25, 0.3) is 0 Å². The number of rotatable bonds is 2. The summed E-state index contributed by atoms with van der Waals surface area (Å²) in [5, 5.41) is 0.572. The molecular formula is C9H13S+. The fourth-order valence-corrected chi connectivity index (χ4v) is 1.20. The van der Waals surface area contributed by atoms with Crippen LogP contribution in [0.2, 0.25) is 0 Å². The largest absolute Gasteiger partial charge is 0.114 e. The first-order chi connectivity index (χ1) is 4.79. The third-order valence-electron chi connectivity index (χ3n) is 1.38. The predicted molar refractivity (Wildman–Crippen MR) is 49.8 cm³/mol. The van der Waals surface area contributed by atoms with Crippen LogP contribution in [0.1, 0.15) is 12.5 Å². The van der Waals surface area contributed by atoms with Crippen molar-refractivity contribution in [3.8, 4) is 0 Å². The highest BCUT2D eigenvalue weighted by molar-refractivity contribution is 7.59. The van der Waals surface area contributed by atoms with E-state index < -0.39 is 0 Å². The summed E-state index contributed by atoms with van der Waals surface area (Å²) in [7, 11) is 0. The molecule has 0 amide bonds. The van der Waals surface area contributed by atoms with Crippen molar-refractivity contribution in [2.45, 2.75) is 18.6 Å². The van der Waals surface area contributed by atoms with Crippen LogP contribution in [0.5, 0.6) is 0 Å². The fraction of sp³-hybridized carbons (Fsp3) is 0.333. The van der Waals surface area contributed by atoms with Crippen molar-refractivity contribution in [2.75, 3.05) is 0 Å². The maximum Gasteiger partial charge on any atom is 0.114 e. The minimum absolute atomic E-state index is 0.572. The smallest absolute Gasteiger partial charge is 0.0622 e. The summed E-state index contributed by atoms with van der Waals surface area (Å²) in [5.41, 5.74) is 1.39. The number of benzene rings is 1. The van der Waals surface area contributed by atoms with Gasteiger partial charge in [0.05, 0.1) is 0 Å². The van der Waals surface area contributed by atoms with Gasteiger partial charge in [0.15, 0.2) is 0 Å². The molecule has 0 N–H and O–H groups in total. The van der Waals surface area contributed by atoms with Gasteiger partial charge in [0.25, 0.3) is 0 Å². The molecule has 0 nitrogen and oxygen atoms in total. The topological polar surface area (TPSA) is 0 Å². The lowest BCUT2D eigenvalue weighted by Crippen LogP contribution is -2.00. The molecule has 0 spiro atoms. The van der Waals surface area contributed by atoms with Crippen molar-refractivity contribution in [1.82, 2.24) is 0 Å². The Morgan fingerprint density at radius 1 is 1.30 bits per heavy atom. The van der Waals surface area contributed by atoms with E-state index in [-0.39, 0.29) is 0 Å². The Morgan fingerprint density at radius 3 is 2.40 bits per heavy atom. The molecule has 0 aliphatic rings. The highest BCUT2D eigenvalue weighted by Gasteiger charge is 2.00. The summed E-state index contributed by atoms with van der Waals surface area (Å²) in [5.74, 6) is 0. The van der Waals surface area contributed by atoms with Gasteiger partial charge in [-0.3, -0.25) is 0 Å². The van der Waals surface area contributed by atoms with Crippen molar-refractivity contribution in [3.05, 3.63) is 35.9 Å². The SMILES string of the molecule is CC([SH2+])Cc1ccccc1. The van der Waals surface area contributed by atoms with Crippen molar-refractivity contribution >= 4 is 12.6 Å². The van der Waals surface area contributed by atoms with E-state index in [2.05, 4.69) is 43.8 Å². The van der Waals surface area contributed by atoms with Gasteiger partial charge in [-0.05, 0) is 25.1 Å². The Kier molecular flexibility index (Phi) is 2.82. The van der Waals surface area contributed by atoms with Crippen molar-refractivity contribution in [3.63, 3.8) is 0 Å². The van der Waals surface area contributed by atoms with Crippen LogP contribution in [0.3, 0.4) is 0 Å². The zero-order chi connectivity index (χ0) is 7.40. The molecule has 10 heavy (non-hydrogen) atoms.